The van der Waals surface area contributed by atoms with Crippen molar-refractivity contribution < 1.29 is 14.4 Å². The monoisotopic (exact) mass is 348 g/mol. The second-order valence-electron chi connectivity index (χ2n) is 7.05. The maximum Gasteiger partial charge on any atom is 0.296 e. The van der Waals surface area contributed by atoms with Gasteiger partial charge in [-0.25, -0.2) is 0 Å². The van der Waals surface area contributed by atoms with Crippen molar-refractivity contribution in [3.63, 3.8) is 0 Å². The first-order valence-electron chi connectivity index (χ1n) is 9.03. The zero-order chi connectivity index (χ0) is 18.1. The number of hydrogen-bond acceptors (Lipinski definition) is 3. The summed E-state index contributed by atoms with van der Waals surface area (Å²) < 4.78 is 0. The zero-order valence-corrected chi connectivity index (χ0v) is 14.4. The van der Waals surface area contributed by atoms with Crippen LogP contribution in [0, 0.1) is 35.5 Å². The van der Waals surface area contributed by atoms with E-state index in [2.05, 4.69) is 29.3 Å². The first-order valence-corrected chi connectivity index (χ1v) is 9.03. The van der Waals surface area contributed by atoms with E-state index < -0.39 is 0 Å². The molecule has 0 aromatic heterocycles. The van der Waals surface area contributed by atoms with Crippen LogP contribution in [0.1, 0.15) is 18.4 Å². The lowest BCUT2D eigenvalue weighted by Gasteiger charge is -2.16. The Morgan fingerprint density at radius 2 is 1.73 bits per heavy atom. The molecular formula is C21H20N2O3. The third kappa shape index (κ3) is 2.92. The molecule has 1 aliphatic heterocycles. The van der Waals surface area contributed by atoms with Crippen LogP contribution in [-0.4, -0.2) is 35.7 Å². The van der Waals surface area contributed by atoms with Crippen molar-refractivity contribution in [1.29, 1.82) is 0 Å². The lowest BCUT2D eigenvalue weighted by atomic mass is 9.85. The molecule has 2 bridgehead atoms. The molecule has 3 amide bonds. The molecule has 1 aromatic carbocycles. The fourth-order valence-electron chi connectivity index (χ4n) is 4.32. The van der Waals surface area contributed by atoms with Crippen LogP contribution in [0.5, 0.6) is 0 Å². The van der Waals surface area contributed by atoms with Gasteiger partial charge in [-0.05, 0) is 36.8 Å². The summed E-state index contributed by atoms with van der Waals surface area (Å²) in [5.74, 6) is 5.09. The minimum atomic E-state index is -0.355. The Kier molecular flexibility index (Phi) is 4.34. The molecule has 5 nitrogen and oxygen atoms in total. The number of benzene rings is 1. The molecule has 1 saturated heterocycles. The molecule has 5 heteroatoms. The van der Waals surface area contributed by atoms with E-state index in [4.69, 9.17) is 0 Å². The Balaban J connectivity index is 1.25. The summed E-state index contributed by atoms with van der Waals surface area (Å²) in [7, 11) is 0. The van der Waals surface area contributed by atoms with E-state index >= 15 is 0 Å². The Morgan fingerprint density at radius 1 is 1.08 bits per heavy atom. The minimum absolute atomic E-state index is 0.0351. The van der Waals surface area contributed by atoms with Crippen LogP contribution in [0.15, 0.2) is 42.5 Å². The van der Waals surface area contributed by atoms with E-state index in [1.807, 2.05) is 30.3 Å². The lowest BCUT2D eigenvalue weighted by molar-refractivity contribution is -0.140. The number of fused-ring (bicyclic) bond motifs is 5. The smallest absolute Gasteiger partial charge is 0.296 e. The lowest BCUT2D eigenvalue weighted by Crippen LogP contribution is -2.35. The number of carbonyl (C=O) groups excluding carboxylic acids is 3. The standard InChI is InChI=1S/C21H20N2O3/c24-17(10-7-14-5-2-1-3-6-14)22-11-4-12-23-20(25)18-15-8-9-16(13-15)19(18)21(23)26/h1-3,5-6,8-9,15-16,18-19H,4,11-13H2,(H,22,24)/t15-,16-,18-,19-/m0/s1. The van der Waals surface area contributed by atoms with Gasteiger partial charge in [-0.15, -0.1) is 0 Å². The summed E-state index contributed by atoms with van der Waals surface area (Å²) in [4.78, 5) is 38.2. The van der Waals surface area contributed by atoms with E-state index in [1.165, 1.54) is 4.90 Å². The number of allylic oxidation sites excluding steroid dienone is 2. The highest BCUT2D eigenvalue weighted by atomic mass is 16.2. The maximum absolute atomic E-state index is 12.5. The molecule has 26 heavy (non-hydrogen) atoms. The number of nitrogens with zero attached hydrogens (tertiary/aromatic N) is 1. The van der Waals surface area contributed by atoms with Gasteiger partial charge in [0.2, 0.25) is 11.8 Å². The third-order valence-electron chi connectivity index (χ3n) is 5.50. The molecule has 0 radical (unpaired) electrons. The number of hydrogen-bond donors (Lipinski definition) is 1. The van der Waals surface area contributed by atoms with E-state index in [1.54, 1.807) is 0 Å². The van der Waals surface area contributed by atoms with Gasteiger partial charge in [-0.1, -0.05) is 36.3 Å². The van der Waals surface area contributed by atoms with Crippen LogP contribution in [0.4, 0.5) is 0 Å². The minimum Gasteiger partial charge on any atom is -0.345 e. The largest absolute Gasteiger partial charge is 0.345 e. The van der Waals surface area contributed by atoms with Gasteiger partial charge in [0.15, 0.2) is 0 Å². The Bertz CT molecular complexity index is 804. The molecular weight excluding hydrogens is 328 g/mol. The maximum atomic E-state index is 12.5. The Hall–Kier alpha value is -2.87. The summed E-state index contributed by atoms with van der Waals surface area (Å²) in [6.45, 7) is 0.746. The van der Waals surface area contributed by atoms with E-state index in [0.29, 0.717) is 19.5 Å². The third-order valence-corrected chi connectivity index (χ3v) is 5.50. The van der Waals surface area contributed by atoms with Crippen LogP contribution in [-0.2, 0) is 14.4 Å². The number of rotatable bonds is 4. The number of amides is 3. The van der Waals surface area contributed by atoms with Gasteiger partial charge >= 0.3 is 0 Å². The molecule has 1 heterocycles. The van der Waals surface area contributed by atoms with Crippen LogP contribution in [0.2, 0.25) is 0 Å². The summed E-state index contributed by atoms with van der Waals surface area (Å²) >= 11 is 0. The molecule has 4 atom stereocenters. The van der Waals surface area contributed by atoms with Gasteiger partial charge in [0, 0.05) is 24.6 Å². The summed E-state index contributed by atoms with van der Waals surface area (Å²) in [6.07, 6.45) is 5.66. The molecule has 132 valence electrons. The van der Waals surface area contributed by atoms with E-state index in [9.17, 15) is 14.4 Å². The van der Waals surface area contributed by atoms with Gasteiger partial charge in [-0.3, -0.25) is 19.3 Å². The van der Waals surface area contributed by atoms with Crippen molar-refractivity contribution in [1.82, 2.24) is 10.2 Å². The highest BCUT2D eigenvalue weighted by molar-refractivity contribution is 6.06. The first-order chi connectivity index (χ1) is 12.6. The second kappa shape index (κ2) is 6.80. The Morgan fingerprint density at radius 3 is 2.38 bits per heavy atom. The molecule has 0 spiro atoms. The van der Waals surface area contributed by atoms with Gasteiger partial charge in [0.25, 0.3) is 5.91 Å². The van der Waals surface area contributed by atoms with Crippen molar-refractivity contribution in [3.05, 3.63) is 48.0 Å². The van der Waals surface area contributed by atoms with Crippen LogP contribution < -0.4 is 5.32 Å². The zero-order valence-electron chi connectivity index (χ0n) is 14.4. The highest BCUT2D eigenvalue weighted by Gasteiger charge is 2.58. The van der Waals surface area contributed by atoms with Crippen molar-refractivity contribution in [3.8, 4) is 11.8 Å². The molecule has 1 saturated carbocycles. The predicted octanol–water partition coefficient (Wildman–Crippen LogP) is 1.35. The molecule has 2 fully saturated rings. The molecule has 4 rings (SSSR count). The first kappa shape index (κ1) is 16.6. The molecule has 0 unspecified atom stereocenters. The van der Waals surface area contributed by atoms with Gasteiger partial charge < -0.3 is 5.32 Å². The van der Waals surface area contributed by atoms with E-state index in [0.717, 1.165) is 12.0 Å². The quantitative estimate of drug-likeness (QED) is 0.387. The van der Waals surface area contributed by atoms with Gasteiger partial charge in [0.1, 0.15) is 0 Å². The second-order valence-corrected chi connectivity index (χ2v) is 7.05. The molecule has 1 aromatic rings. The summed E-state index contributed by atoms with van der Waals surface area (Å²) in [5.41, 5.74) is 0.783. The highest BCUT2D eigenvalue weighted by Crippen LogP contribution is 2.52. The van der Waals surface area contributed by atoms with Crippen molar-refractivity contribution in [2.75, 3.05) is 13.1 Å². The number of carbonyl (C=O) groups is 3. The average molecular weight is 348 g/mol. The molecule has 2 aliphatic carbocycles. The van der Waals surface area contributed by atoms with Crippen LogP contribution >= 0.6 is 0 Å². The molecule has 3 aliphatic rings. The van der Waals surface area contributed by atoms with Crippen molar-refractivity contribution in [2.24, 2.45) is 23.7 Å². The number of nitrogens with one attached hydrogen (secondary N) is 1. The summed E-state index contributed by atoms with van der Waals surface area (Å²) in [5, 5.41) is 2.71. The normalized spacial score (nSPS) is 28.1. The topological polar surface area (TPSA) is 66.5 Å². The predicted molar refractivity (Wildman–Crippen MR) is 95.4 cm³/mol. The van der Waals surface area contributed by atoms with E-state index in [-0.39, 0.29) is 41.4 Å². The van der Waals surface area contributed by atoms with Crippen LogP contribution in [0.3, 0.4) is 0 Å². The fourth-order valence-corrected chi connectivity index (χ4v) is 4.32. The number of imide groups is 1. The van der Waals surface area contributed by atoms with Crippen molar-refractivity contribution >= 4 is 17.7 Å². The van der Waals surface area contributed by atoms with Crippen molar-refractivity contribution in [2.45, 2.75) is 12.8 Å². The summed E-state index contributed by atoms with van der Waals surface area (Å²) in [6, 6.07) is 9.29. The fraction of sp³-hybridized carbons (Fsp3) is 0.381. The van der Waals surface area contributed by atoms with Gasteiger partial charge in [0.05, 0.1) is 11.8 Å². The van der Waals surface area contributed by atoms with Crippen LogP contribution in [0.25, 0.3) is 0 Å². The molecule has 1 N–H and O–H groups in total. The average Bonchev–Trinajstić information content (AvgIpc) is 3.33. The SMILES string of the molecule is O=C(C#Cc1ccccc1)NCCCN1C(=O)[C@@H]2[C@@H](C1=O)[C@H]1C=C[C@H]2C1. The Labute approximate surface area is 152 Å². The van der Waals surface area contributed by atoms with Gasteiger partial charge in [-0.2, -0.15) is 0 Å². The number of likely N-dealkylation sites (tertiary alicyclic amines) is 1.